The van der Waals surface area contributed by atoms with Crippen LogP contribution < -0.4 is 4.90 Å². The summed E-state index contributed by atoms with van der Waals surface area (Å²) in [5.74, 6) is 1.75. The fourth-order valence-corrected chi connectivity index (χ4v) is 3.06. The van der Waals surface area contributed by atoms with Crippen LogP contribution in [0, 0.1) is 5.92 Å². The van der Waals surface area contributed by atoms with Gasteiger partial charge in [0, 0.05) is 23.8 Å². The van der Waals surface area contributed by atoms with Crippen LogP contribution in [0.5, 0.6) is 0 Å². The van der Waals surface area contributed by atoms with Gasteiger partial charge in [-0.05, 0) is 40.8 Å². The fourth-order valence-electron chi connectivity index (χ4n) is 2.31. The summed E-state index contributed by atoms with van der Waals surface area (Å²) in [7, 11) is 0. The number of hydrogen-bond donors (Lipinski definition) is 0. The van der Waals surface area contributed by atoms with Gasteiger partial charge in [-0.25, -0.2) is 4.98 Å². The zero-order valence-corrected chi connectivity index (χ0v) is 11.8. The summed E-state index contributed by atoms with van der Waals surface area (Å²) in [6.45, 7) is 4.43. The van der Waals surface area contributed by atoms with Gasteiger partial charge in [0.1, 0.15) is 5.82 Å². The van der Waals surface area contributed by atoms with Gasteiger partial charge in [0.15, 0.2) is 0 Å². The predicted octanol–water partition coefficient (Wildman–Crippen LogP) is 4.12. The van der Waals surface area contributed by atoms with Crippen LogP contribution in [0.4, 0.5) is 5.82 Å². The van der Waals surface area contributed by atoms with Gasteiger partial charge in [0.25, 0.3) is 0 Å². The molecule has 1 saturated heterocycles. The average molecular weight is 304 g/mol. The first-order valence-corrected chi connectivity index (χ1v) is 6.93. The molecule has 2 nitrogen and oxygen atoms in total. The molecule has 1 aromatic heterocycles. The summed E-state index contributed by atoms with van der Waals surface area (Å²) in [6, 6.07) is 1.91. The Balaban J connectivity index is 2.08. The molecule has 1 aliphatic rings. The summed E-state index contributed by atoms with van der Waals surface area (Å²) in [5.41, 5.74) is 0. The molecule has 16 heavy (non-hydrogen) atoms. The van der Waals surface area contributed by atoms with Gasteiger partial charge in [-0.15, -0.1) is 0 Å². The minimum absolute atomic E-state index is 0.742. The van der Waals surface area contributed by atoms with Gasteiger partial charge in [0.2, 0.25) is 0 Å². The maximum Gasteiger partial charge on any atom is 0.147 e. The van der Waals surface area contributed by atoms with Gasteiger partial charge in [-0.2, -0.15) is 0 Å². The predicted molar refractivity (Wildman–Crippen MR) is 72.2 cm³/mol. The molecule has 0 aliphatic carbocycles. The zero-order chi connectivity index (χ0) is 11.5. The second-order valence-electron chi connectivity index (χ2n) is 4.35. The van der Waals surface area contributed by atoms with Crippen molar-refractivity contribution in [3.8, 4) is 0 Å². The summed E-state index contributed by atoms with van der Waals surface area (Å²) in [5, 5.41) is 0.742. The molecule has 0 saturated carbocycles. The summed E-state index contributed by atoms with van der Waals surface area (Å²) in [4.78, 5) is 6.70. The first kappa shape index (κ1) is 12.2. The number of hydrogen-bond acceptors (Lipinski definition) is 2. The molecule has 1 aromatic rings. The Morgan fingerprint density at radius 1 is 1.62 bits per heavy atom. The Kier molecular flexibility index (Phi) is 4.09. The molecule has 1 unspecified atom stereocenters. The minimum Gasteiger partial charge on any atom is -0.355 e. The van der Waals surface area contributed by atoms with Crippen molar-refractivity contribution in [2.75, 3.05) is 18.0 Å². The highest BCUT2D eigenvalue weighted by Crippen LogP contribution is 2.31. The lowest BCUT2D eigenvalue weighted by Gasteiger charge is -2.18. The maximum absolute atomic E-state index is 6.20. The molecule has 0 bridgehead atoms. The second kappa shape index (κ2) is 5.37. The third-order valence-corrected chi connectivity index (χ3v) is 3.78. The van der Waals surface area contributed by atoms with Crippen molar-refractivity contribution in [3.63, 3.8) is 0 Å². The Bertz CT molecular complexity index is 370. The van der Waals surface area contributed by atoms with E-state index in [9.17, 15) is 0 Å². The lowest BCUT2D eigenvalue weighted by molar-refractivity contribution is 0.529. The van der Waals surface area contributed by atoms with E-state index >= 15 is 0 Å². The van der Waals surface area contributed by atoms with Crippen LogP contribution in [0.3, 0.4) is 0 Å². The molecular weight excluding hydrogens is 288 g/mol. The normalized spacial score (nSPS) is 20.4. The van der Waals surface area contributed by atoms with Crippen molar-refractivity contribution in [2.45, 2.75) is 26.2 Å². The SMILES string of the molecule is CCCC1CCN(c2ncc(Br)cc2Cl)C1. The number of halogens is 2. The average Bonchev–Trinajstić information content (AvgIpc) is 2.67. The van der Waals surface area contributed by atoms with Gasteiger partial charge < -0.3 is 4.90 Å². The van der Waals surface area contributed by atoms with E-state index in [-0.39, 0.29) is 0 Å². The topological polar surface area (TPSA) is 16.1 Å². The molecule has 0 spiro atoms. The third kappa shape index (κ3) is 2.69. The largest absolute Gasteiger partial charge is 0.355 e. The van der Waals surface area contributed by atoms with Gasteiger partial charge in [-0.1, -0.05) is 24.9 Å². The van der Waals surface area contributed by atoms with E-state index in [0.717, 1.165) is 34.3 Å². The first-order valence-electron chi connectivity index (χ1n) is 5.76. The summed E-state index contributed by atoms with van der Waals surface area (Å²) < 4.78 is 0.936. The highest BCUT2D eigenvalue weighted by molar-refractivity contribution is 9.10. The molecule has 1 fully saturated rings. The van der Waals surface area contributed by atoms with Crippen LogP contribution in [0.1, 0.15) is 26.2 Å². The number of nitrogens with zero attached hydrogens (tertiary/aromatic N) is 2. The first-order chi connectivity index (χ1) is 7.70. The van der Waals surface area contributed by atoms with Crippen molar-refractivity contribution in [2.24, 2.45) is 5.92 Å². The molecule has 0 radical (unpaired) electrons. The Hall–Kier alpha value is -0.280. The smallest absolute Gasteiger partial charge is 0.147 e. The van der Waals surface area contributed by atoms with Crippen molar-refractivity contribution >= 4 is 33.3 Å². The molecule has 2 heterocycles. The Labute approximate surface area is 110 Å². The van der Waals surface area contributed by atoms with E-state index in [1.807, 2.05) is 12.3 Å². The highest BCUT2D eigenvalue weighted by atomic mass is 79.9. The summed E-state index contributed by atoms with van der Waals surface area (Å²) in [6.07, 6.45) is 5.65. The standard InChI is InChI=1S/C12H16BrClN2/c1-2-3-9-4-5-16(8-9)12-11(14)6-10(13)7-15-12/h6-7,9H,2-5,8H2,1H3. The summed E-state index contributed by atoms with van der Waals surface area (Å²) >= 11 is 9.58. The molecule has 88 valence electrons. The fraction of sp³-hybridized carbons (Fsp3) is 0.583. The second-order valence-corrected chi connectivity index (χ2v) is 5.67. The molecule has 0 amide bonds. The van der Waals surface area contributed by atoms with Crippen molar-refractivity contribution in [1.82, 2.24) is 4.98 Å². The molecule has 1 aliphatic heterocycles. The number of aromatic nitrogens is 1. The van der Waals surface area contributed by atoms with E-state index in [1.165, 1.54) is 19.3 Å². The van der Waals surface area contributed by atoms with Gasteiger partial charge >= 0.3 is 0 Å². The van der Waals surface area contributed by atoms with Crippen LogP contribution in [0.25, 0.3) is 0 Å². The third-order valence-electron chi connectivity index (χ3n) is 3.07. The molecular formula is C12H16BrClN2. The molecule has 0 N–H and O–H groups in total. The van der Waals surface area contributed by atoms with Crippen LogP contribution in [-0.4, -0.2) is 18.1 Å². The molecule has 2 rings (SSSR count). The van der Waals surface area contributed by atoms with E-state index in [0.29, 0.717) is 0 Å². The Morgan fingerprint density at radius 2 is 2.44 bits per heavy atom. The monoisotopic (exact) mass is 302 g/mol. The van der Waals surface area contributed by atoms with Crippen LogP contribution in [0.15, 0.2) is 16.7 Å². The van der Waals surface area contributed by atoms with E-state index in [4.69, 9.17) is 11.6 Å². The number of pyridine rings is 1. The maximum atomic E-state index is 6.20. The van der Waals surface area contributed by atoms with E-state index < -0.39 is 0 Å². The zero-order valence-electron chi connectivity index (χ0n) is 9.42. The van der Waals surface area contributed by atoms with E-state index in [2.05, 4.69) is 32.7 Å². The molecule has 0 aromatic carbocycles. The van der Waals surface area contributed by atoms with Crippen LogP contribution >= 0.6 is 27.5 Å². The van der Waals surface area contributed by atoms with Crippen molar-refractivity contribution < 1.29 is 0 Å². The Morgan fingerprint density at radius 3 is 3.12 bits per heavy atom. The van der Waals surface area contributed by atoms with Gasteiger partial charge in [0.05, 0.1) is 5.02 Å². The lowest BCUT2D eigenvalue weighted by Crippen LogP contribution is -2.21. The number of anilines is 1. The highest BCUT2D eigenvalue weighted by Gasteiger charge is 2.24. The van der Waals surface area contributed by atoms with E-state index in [1.54, 1.807) is 0 Å². The quantitative estimate of drug-likeness (QED) is 0.835. The minimum atomic E-state index is 0.742. The molecule has 4 heteroatoms. The molecule has 1 atom stereocenters. The number of rotatable bonds is 3. The van der Waals surface area contributed by atoms with Crippen molar-refractivity contribution in [3.05, 3.63) is 21.8 Å². The van der Waals surface area contributed by atoms with Crippen LogP contribution in [-0.2, 0) is 0 Å². The van der Waals surface area contributed by atoms with Crippen LogP contribution in [0.2, 0.25) is 5.02 Å². The van der Waals surface area contributed by atoms with Gasteiger partial charge in [-0.3, -0.25) is 0 Å². The lowest BCUT2D eigenvalue weighted by atomic mass is 10.0. The van der Waals surface area contributed by atoms with Crippen molar-refractivity contribution in [1.29, 1.82) is 0 Å².